The van der Waals surface area contributed by atoms with Gasteiger partial charge in [-0.1, -0.05) is 27.7 Å². The molecule has 4 rings (SSSR count). The van der Waals surface area contributed by atoms with E-state index in [1.54, 1.807) is 17.5 Å². The predicted molar refractivity (Wildman–Crippen MR) is 143 cm³/mol. The number of ketones is 1. The average Bonchev–Trinajstić information content (AvgIpc) is 3.36. The molecule has 1 N–H and O–H groups in total. The third-order valence-corrected chi connectivity index (χ3v) is 7.37. The fourth-order valence-corrected chi connectivity index (χ4v) is 4.99. The van der Waals surface area contributed by atoms with Crippen LogP contribution in [0.2, 0.25) is 0 Å². The summed E-state index contributed by atoms with van der Waals surface area (Å²) < 4.78 is 2.07. The molecule has 3 aromatic heterocycles. The molecule has 0 unspecified atom stereocenters. The van der Waals surface area contributed by atoms with Crippen molar-refractivity contribution in [1.82, 2.24) is 19.7 Å². The number of aryl methyl sites for hydroxylation is 2. The van der Waals surface area contributed by atoms with E-state index in [0.717, 1.165) is 52.6 Å². The molecule has 0 aliphatic heterocycles. The first-order valence-electron chi connectivity index (χ1n) is 13.0. The van der Waals surface area contributed by atoms with Gasteiger partial charge in [0.15, 0.2) is 0 Å². The lowest BCUT2D eigenvalue weighted by molar-refractivity contribution is -0.118. The van der Waals surface area contributed by atoms with Gasteiger partial charge in [0.05, 0.1) is 12.1 Å². The summed E-state index contributed by atoms with van der Waals surface area (Å²) in [4.78, 5) is 34.7. The molecule has 3 aromatic rings. The maximum Gasteiger partial charge on any atom is 0.225 e. The van der Waals surface area contributed by atoms with Crippen LogP contribution >= 0.6 is 11.3 Å². The highest BCUT2D eigenvalue weighted by molar-refractivity contribution is 7.11. The van der Waals surface area contributed by atoms with Crippen molar-refractivity contribution in [3.05, 3.63) is 57.4 Å². The topological polar surface area (TPSA) is 89.8 Å². The Bertz CT molecular complexity index is 1200. The second kappa shape index (κ2) is 11.5. The van der Waals surface area contributed by atoms with E-state index in [2.05, 4.69) is 46.8 Å². The summed E-state index contributed by atoms with van der Waals surface area (Å²) >= 11 is 1.61. The van der Waals surface area contributed by atoms with Gasteiger partial charge in [-0.25, -0.2) is 9.97 Å². The molecule has 0 bridgehead atoms. The smallest absolute Gasteiger partial charge is 0.225 e. The van der Waals surface area contributed by atoms with Crippen molar-refractivity contribution in [3.63, 3.8) is 0 Å². The van der Waals surface area contributed by atoms with Gasteiger partial charge in [-0.05, 0) is 61.8 Å². The molecule has 8 heteroatoms. The largest absolute Gasteiger partial charge is 0.311 e. The number of hydrogen-bond acceptors (Lipinski definition) is 6. The Morgan fingerprint density at radius 3 is 2.67 bits per heavy atom. The molecule has 192 valence electrons. The number of amides is 1. The number of hydrogen-bond donors (Lipinski definition) is 1. The van der Waals surface area contributed by atoms with Gasteiger partial charge < -0.3 is 5.32 Å². The van der Waals surface area contributed by atoms with Gasteiger partial charge in [-0.15, -0.1) is 11.3 Å². The van der Waals surface area contributed by atoms with Gasteiger partial charge in [0.2, 0.25) is 5.91 Å². The summed E-state index contributed by atoms with van der Waals surface area (Å²) in [5.41, 5.74) is 3.15. The minimum atomic E-state index is -0.0342. The summed E-state index contributed by atoms with van der Waals surface area (Å²) in [5, 5.41) is 8.55. The van der Waals surface area contributed by atoms with E-state index in [0.29, 0.717) is 31.0 Å². The Kier molecular flexibility index (Phi) is 8.34. The van der Waals surface area contributed by atoms with Gasteiger partial charge in [0.25, 0.3) is 0 Å². The lowest BCUT2D eigenvalue weighted by atomic mass is 9.92. The molecule has 1 aliphatic carbocycles. The minimum absolute atomic E-state index is 0.0101. The van der Waals surface area contributed by atoms with Crippen molar-refractivity contribution >= 4 is 28.8 Å². The molecule has 36 heavy (non-hydrogen) atoms. The second-order valence-electron chi connectivity index (χ2n) is 10.9. The molecular weight excluding hydrogens is 470 g/mol. The quantitative estimate of drug-likeness (QED) is 0.358. The summed E-state index contributed by atoms with van der Waals surface area (Å²) in [5.74, 6) is 1.47. The molecule has 1 saturated carbocycles. The fourth-order valence-electron chi connectivity index (χ4n) is 4.04. The number of nitrogens with zero attached hydrogens (tertiary/aromatic N) is 4. The molecule has 0 spiro atoms. The monoisotopic (exact) mass is 507 g/mol. The van der Waals surface area contributed by atoms with Crippen LogP contribution in [-0.2, 0) is 47.2 Å². The number of aromatic nitrogens is 4. The van der Waals surface area contributed by atoms with Crippen LogP contribution < -0.4 is 5.32 Å². The molecule has 0 saturated heterocycles. The van der Waals surface area contributed by atoms with Crippen LogP contribution in [0.15, 0.2) is 30.6 Å². The molecule has 1 amide bonds. The Morgan fingerprint density at radius 1 is 1.14 bits per heavy atom. The zero-order chi connectivity index (χ0) is 25.7. The number of pyridine rings is 1. The number of nitrogens with one attached hydrogen (secondary N) is 1. The van der Waals surface area contributed by atoms with Crippen LogP contribution in [0.25, 0.3) is 0 Å². The highest BCUT2D eigenvalue weighted by Gasteiger charge is 2.26. The average molecular weight is 508 g/mol. The Labute approximate surface area is 217 Å². The van der Waals surface area contributed by atoms with E-state index in [-0.39, 0.29) is 17.1 Å². The summed E-state index contributed by atoms with van der Waals surface area (Å²) in [6, 6.07) is 6.01. The van der Waals surface area contributed by atoms with Gasteiger partial charge in [0.1, 0.15) is 16.6 Å². The van der Waals surface area contributed by atoms with Crippen molar-refractivity contribution in [1.29, 1.82) is 0 Å². The van der Waals surface area contributed by atoms with Gasteiger partial charge in [0, 0.05) is 47.8 Å². The Morgan fingerprint density at radius 2 is 1.94 bits per heavy atom. The number of anilines is 1. The van der Waals surface area contributed by atoms with Gasteiger partial charge in [-0.2, -0.15) is 5.10 Å². The molecular formula is C28H37N5O2S. The van der Waals surface area contributed by atoms with Crippen molar-refractivity contribution in [2.24, 2.45) is 5.92 Å². The lowest BCUT2D eigenvalue weighted by Gasteiger charge is -2.14. The molecule has 1 fully saturated rings. The van der Waals surface area contributed by atoms with Gasteiger partial charge >= 0.3 is 0 Å². The van der Waals surface area contributed by atoms with Crippen LogP contribution in [-0.4, -0.2) is 31.4 Å². The number of rotatable bonds is 12. The normalized spacial score (nSPS) is 13.7. The van der Waals surface area contributed by atoms with E-state index in [1.165, 1.54) is 12.8 Å². The van der Waals surface area contributed by atoms with E-state index >= 15 is 0 Å². The number of carbonyl (C=O) groups excluding carboxylic acids is 2. The van der Waals surface area contributed by atoms with Crippen molar-refractivity contribution < 1.29 is 9.59 Å². The van der Waals surface area contributed by atoms with Crippen molar-refractivity contribution in [2.75, 3.05) is 5.32 Å². The standard InChI is InChI=1S/C28H37N5O2S/c1-5-6-26(35)31-25-13-19(11-12-29-25)9-10-23-17-30-27(36-23)16-22(34)14-21-15-24(28(2,3)4)32-33(21)18-20-7-8-20/h11-13,15,17,20H,5-10,14,16,18H2,1-4H3,(H,29,31,35). The van der Waals surface area contributed by atoms with Crippen molar-refractivity contribution in [3.8, 4) is 0 Å². The molecule has 3 heterocycles. The third-order valence-electron chi connectivity index (χ3n) is 6.32. The summed E-state index contributed by atoms with van der Waals surface area (Å²) in [6.45, 7) is 9.38. The van der Waals surface area contributed by atoms with Gasteiger partial charge in [-0.3, -0.25) is 14.3 Å². The van der Waals surface area contributed by atoms with Crippen LogP contribution in [0, 0.1) is 5.92 Å². The lowest BCUT2D eigenvalue weighted by Crippen LogP contribution is -2.14. The minimum Gasteiger partial charge on any atom is -0.311 e. The van der Waals surface area contributed by atoms with Crippen LogP contribution in [0.4, 0.5) is 5.82 Å². The predicted octanol–water partition coefficient (Wildman–Crippen LogP) is 5.32. The molecule has 1 aliphatic rings. The van der Waals surface area contributed by atoms with Crippen LogP contribution in [0.3, 0.4) is 0 Å². The first-order chi connectivity index (χ1) is 17.2. The molecule has 7 nitrogen and oxygen atoms in total. The van der Waals surface area contributed by atoms with E-state index in [9.17, 15) is 9.59 Å². The fraction of sp³-hybridized carbons (Fsp3) is 0.536. The number of Topliss-reactive ketones (excluding diaryl/α,β-unsaturated/α-hetero) is 1. The SMILES string of the molecule is CCCC(=O)Nc1cc(CCc2cnc(CC(=O)Cc3cc(C(C)(C)C)nn3CC3CC3)s2)ccn1. The highest BCUT2D eigenvalue weighted by atomic mass is 32.1. The van der Waals surface area contributed by atoms with E-state index in [1.807, 2.05) is 25.3 Å². The zero-order valence-corrected chi connectivity index (χ0v) is 22.7. The first-order valence-corrected chi connectivity index (χ1v) is 13.8. The van der Waals surface area contributed by atoms with E-state index < -0.39 is 0 Å². The summed E-state index contributed by atoms with van der Waals surface area (Å²) in [6.07, 6.45) is 9.84. The molecule has 0 radical (unpaired) electrons. The number of thiazole rings is 1. The zero-order valence-electron chi connectivity index (χ0n) is 21.8. The van der Waals surface area contributed by atoms with E-state index in [4.69, 9.17) is 5.10 Å². The third kappa shape index (κ3) is 7.56. The number of carbonyl (C=O) groups is 2. The Balaban J connectivity index is 1.32. The van der Waals surface area contributed by atoms with Crippen LogP contribution in [0.1, 0.15) is 80.2 Å². The Hall–Kier alpha value is -2.87. The summed E-state index contributed by atoms with van der Waals surface area (Å²) in [7, 11) is 0. The van der Waals surface area contributed by atoms with Crippen molar-refractivity contribution in [2.45, 2.75) is 91.0 Å². The van der Waals surface area contributed by atoms with Crippen LogP contribution in [0.5, 0.6) is 0 Å². The first kappa shape index (κ1) is 26.2. The molecule has 0 aromatic carbocycles. The molecule has 0 atom stereocenters. The highest BCUT2D eigenvalue weighted by Crippen LogP contribution is 2.32. The second-order valence-corrected chi connectivity index (χ2v) is 12.1. The maximum atomic E-state index is 12.9. The maximum absolute atomic E-state index is 12.9.